The molecule has 26 heavy (non-hydrogen) atoms. The Labute approximate surface area is 165 Å². The number of carbonyl (C=O) groups excluding carboxylic acids is 2. The third-order valence-electron chi connectivity index (χ3n) is 4.60. The van der Waals surface area contributed by atoms with Gasteiger partial charge in [-0.25, -0.2) is 0 Å². The third kappa shape index (κ3) is 3.09. The van der Waals surface area contributed by atoms with Gasteiger partial charge in [0.2, 0.25) is 0 Å². The molecule has 1 N–H and O–H groups in total. The topological polar surface area (TPSA) is 49.4 Å². The van der Waals surface area contributed by atoms with Crippen molar-refractivity contribution in [3.05, 3.63) is 56.2 Å². The van der Waals surface area contributed by atoms with Crippen molar-refractivity contribution in [2.45, 2.75) is 25.7 Å². The van der Waals surface area contributed by atoms with E-state index in [4.69, 9.17) is 23.8 Å². The Morgan fingerprint density at radius 3 is 2.65 bits per heavy atom. The van der Waals surface area contributed by atoms with Crippen LogP contribution in [0.1, 0.15) is 28.8 Å². The number of thiocarbonyl (C=S) groups is 1. The molecule has 2 amide bonds. The summed E-state index contributed by atoms with van der Waals surface area (Å²) in [5.74, 6) is -0.873. The summed E-state index contributed by atoms with van der Waals surface area (Å²) in [5.41, 5.74) is 3.27. The van der Waals surface area contributed by atoms with Gasteiger partial charge < -0.3 is 0 Å². The Hall–Kier alpha value is -2.02. The van der Waals surface area contributed by atoms with Crippen molar-refractivity contribution in [2.24, 2.45) is 0 Å². The van der Waals surface area contributed by atoms with Gasteiger partial charge in [0.15, 0.2) is 5.11 Å². The summed E-state index contributed by atoms with van der Waals surface area (Å²) in [5, 5.41) is 5.39. The largest absolute Gasteiger partial charge is 0.298 e. The molecule has 0 radical (unpaired) electrons. The molecule has 2 heterocycles. The Morgan fingerprint density at radius 2 is 1.88 bits per heavy atom. The van der Waals surface area contributed by atoms with Crippen molar-refractivity contribution in [1.82, 2.24) is 5.32 Å². The number of thiophene rings is 1. The first kappa shape index (κ1) is 17.4. The van der Waals surface area contributed by atoms with Crippen LogP contribution >= 0.6 is 35.2 Å². The Morgan fingerprint density at radius 1 is 1.15 bits per heavy atom. The van der Waals surface area contributed by atoms with Gasteiger partial charge in [-0.1, -0.05) is 11.6 Å². The van der Waals surface area contributed by atoms with Gasteiger partial charge in [-0.2, -0.15) is 0 Å². The zero-order chi connectivity index (χ0) is 18.3. The number of halogens is 1. The predicted molar refractivity (Wildman–Crippen MR) is 109 cm³/mol. The lowest BCUT2D eigenvalue weighted by Gasteiger charge is -2.29. The molecule has 2 aliphatic rings. The monoisotopic (exact) mass is 402 g/mol. The van der Waals surface area contributed by atoms with Crippen LogP contribution in [0.5, 0.6) is 0 Å². The minimum absolute atomic E-state index is 0.0766. The second kappa shape index (κ2) is 6.95. The van der Waals surface area contributed by atoms with Crippen LogP contribution in [0.4, 0.5) is 5.69 Å². The summed E-state index contributed by atoms with van der Waals surface area (Å²) < 4.78 is 0. The molecular weight excluding hydrogens is 388 g/mol. The molecule has 0 unspecified atom stereocenters. The van der Waals surface area contributed by atoms with Crippen molar-refractivity contribution in [1.29, 1.82) is 0 Å². The zero-order valence-electron chi connectivity index (χ0n) is 13.8. The number of hydrogen-bond acceptors (Lipinski definition) is 4. The summed E-state index contributed by atoms with van der Waals surface area (Å²) in [4.78, 5) is 27.7. The molecule has 7 heteroatoms. The molecule has 2 aromatic rings. The van der Waals surface area contributed by atoms with E-state index in [1.807, 2.05) is 0 Å². The molecule has 1 saturated heterocycles. The van der Waals surface area contributed by atoms with Gasteiger partial charge in [0.1, 0.15) is 5.57 Å². The molecule has 0 bridgehead atoms. The number of carbonyl (C=O) groups is 2. The number of benzene rings is 1. The molecule has 4 nitrogen and oxygen atoms in total. The Balaban J connectivity index is 1.72. The van der Waals surface area contributed by atoms with Crippen molar-refractivity contribution >= 4 is 63.8 Å². The first-order valence-electron chi connectivity index (χ1n) is 8.31. The molecule has 0 saturated carbocycles. The quantitative estimate of drug-likeness (QED) is 0.467. The fraction of sp³-hybridized carbons (Fsp3) is 0.211. The lowest BCUT2D eigenvalue weighted by atomic mass is 9.93. The maximum absolute atomic E-state index is 13.0. The fourth-order valence-corrected chi connectivity index (χ4v) is 4.78. The van der Waals surface area contributed by atoms with E-state index >= 15 is 0 Å². The van der Waals surface area contributed by atoms with Gasteiger partial charge in [0.25, 0.3) is 11.8 Å². The molecule has 1 aliphatic carbocycles. The van der Waals surface area contributed by atoms with Crippen LogP contribution in [0.2, 0.25) is 5.02 Å². The second-order valence-electron chi connectivity index (χ2n) is 6.25. The highest BCUT2D eigenvalue weighted by Crippen LogP contribution is 2.32. The molecule has 1 aromatic heterocycles. The smallest absolute Gasteiger partial charge is 0.270 e. The number of nitrogens with zero attached hydrogens (tertiary/aromatic N) is 1. The Kier molecular flexibility index (Phi) is 4.65. The van der Waals surface area contributed by atoms with Gasteiger partial charge >= 0.3 is 0 Å². The van der Waals surface area contributed by atoms with Crippen LogP contribution in [0.3, 0.4) is 0 Å². The highest BCUT2D eigenvalue weighted by Gasteiger charge is 2.34. The summed E-state index contributed by atoms with van der Waals surface area (Å²) in [6.07, 6.45) is 6.10. The molecular formula is C19H15ClN2O2S2. The number of rotatable bonds is 2. The number of nitrogens with one attached hydrogen (secondary N) is 1. The van der Waals surface area contributed by atoms with E-state index in [9.17, 15) is 9.59 Å². The molecule has 0 spiro atoms. The maximum Gasteiger partial charge on any atom is 0.270 e. The van der Waals surface area contributed by atoms with Crippen LogP contribution in [-0.2, 0) is 22.4 Å². The summed E-state index contributed by atoms with van der Waals surface area (Å²) in [6.45, 7) is 0. The van der Waals surface area contributed by atoms with E-state index in [0.717, 1.165) is 24.1 Å². The Bertz CT molecular complexity index is 947. The number of amides is 2. The molecule has 0 atom stereocenters. The van der Waals surface area contributed by atoms with Crippen molar-refractivity contribution in [2.75, 3.05) is 4.90 Å². The van der Waals surface area contributed by atoms with E-state index in [2.05, 4.69) is 10.7 Å². The van der Waals surface area contributed by atoms with Crippen LogP contribution in [0.25, 0.3) is 6.08 Å². The van der Waals surface area contributed by atoms with E-state index in [0.29, 0.717) is 10.7 Å². The van der Waals surface area contributed by atoms with Crippen LogP contribution in [0.15, 0.2) is 35.2 Å². The van der Waals surface area contributed by atoms with Gasteiger partial charge in [0.05, 0.1) is 5.69 Å². The first-order chi connectivity index (χ1) is 12.5. The second-order valence-corrected chi connectivity index (χ2v) is 7.98. The third-order valence-corrected chi connectivity index (χ3v) is 6.16. The maximum atomic E-state index is 13.0. The van der Waals surface area contributed by atoms with Crippen LogP contribution < -0.4 is 10.2 Å². The zero-order valence-corrected chi connectivity index (χ0v) is 16.1. The minimum atomic E-state index is -0.455. The van der Waals surface area contributed by atoms with E-state index in [1.54, 1.807) is 41.7 Å². The van der Waals surface area contributed by atoms with E-state index in [-0.39, 0.29) is 10.7 Å². The molecule has 1 aromatic carbocycles. The normalized spacial score (nSPS) is 18.9. The number of anilines is 1. The lowest BCUT2D eigenvalue weighted by Crippen LogP contribution is -2.54. The molecule has 132 valence electrons. The van der Waals surface area contributed by atoms with Crippen molar-refractivity contribution < 1.29 is 9.59 Å². The molecule has 1 aliphatic heterocycles. The highest BCUT2D eigenvalue weighted by molar-refractivity contribution is 7.80. The molecule has 1 fully saturated rings. The number of fused-ring (bicyclic) bond motifs is 1. The van der Waals surface area contributed by atoms with E-state index in [1.165, 1.54) is 22.4 Å². The predicted octanol–water partition coefficient (Wildman–Crippen LogP) is 4.11. The SMILES string of the molecule is O=C1NC(=S)N(c2ccc(Cl)cc2)C(=O)/C1=C/c1scc2c1CCCC2. The summed E-state index contributed by atoms with van der Waals surface area (Å²) in [7, 11) is 0. The number of aryl methyl sites for hydroxylation is 1. The standard InChI is InChI=1S/C19H15ClN2O2S2/c20-12-5-7-13(8-6-12)22-18(24)15(17(23)21-19(22)25)9-16-14-4-2-1-3-11(14)10-26-16/h5-10H,1-4H2,(H,21,23,25)/b15-9+. The van der Waals surface area contributed by atoms with Gasteiger partial charge in [-0.3, -0.25) is 19.8 Å². The average molecular weight is 403 g/mol. The van der Waals surface area contributed by atoms with Gasteiger partial charge in [0, 0.05) is 9.90 Å². The van der Waals surface area contributed by atoms with E-state index < -0.39 is 11.8 Å². The van der Waals surface area contributed by atoms with Crippen molar-refractivity contribution in [3.8, 4) is 0 Å². The fourth-order valence-electron chi connectivity index (χ4n) is 3.28. The minimum Gasteiger partial charge on any atom is -0.298 e. The van der Waals surface area contributed by atoms with Crippen LogP contribution in [-0.4, -0.2) is 16.9 Å². The van der Waals surface area contributed by atoms with Gasteiger partial charge in [-0.05, 0) is 84.7 Å². The summed E-state index contributed by atoms with van der Waals surface area (Å²) >= 11 is 12.7. The first-order valence-corrected chi connectivity index (χ1v) is 9.97. The lowest BCUT2D eigenvalue weighted by molar-refractivity contribution is -0.122. The van der Waals surface area contributed by atoms with Gasteiger partial charge in [-0.15, -0.1) is 11.3 Å². The van der Waals surface area contributed by atoms with Crippen LogP contribution in [0, 0.1) is 0 Å². The average Bonchev–Trinajstić information content (AvgIpc) is 3.03. The highest BCUT2D eigenvalue weighted by atomic mass is 35.5. The van der Waals surface area contributed by atoms with Crippen molar-refractivity contribution in [3.63, 3.8) is 0 Å². The molecule has 4 rings (SSSR count). The summed E-state index contributed by atoms with van der Waals surface area (Å²) in [6, 6.07) is 6.77. The number of hydrogen-bond donors (Lipinski definition) is 1.